The summed E-state index contributed by atoms with van der Waals surface area (Å²) in [6.07, 6.45) is 1.50. The minimum atomic E-state index is -0.774. The van der Waals surface area contributed by atoms with E-state index in [1.165, 1.54) is 18.3 Å². The molecule has 0 aliphatic rings. The molecule has 0 saturated carbocycles. The molecule has 28 heavy (non-hydrogen) atoms. The molecule has 0 saturated heterocycles. The molecular formula is C21H16ClFN4O. The molecule has 2 aromatic carbocycles. The number of para-hydroxylation sites is 1. The standard InChI is InChI=1S/C21H16ClFN4O/c1-13-9-16(14(2)27(13)20-6-4-3-5-18(20)22)12-25-26-21(28)17-8-7-15(11-24)10-19(17)23/h3-10,12H,1-2H3,(H,26,28). The lowest BCUT2D eigenvalue weighted by Crippen LogP contribution is -2.19. The van der Waals surface area contributed by atoms with Gasteiger partial charge in [-0.15, -0.1) is 0 Å². The Morgan fingerprint density at radius 1 is 1.25 bits per heavy atom. The first-order valence-corrected chi connectivity index (χ1v) is 8.77. The Hall–Kier alpha value is -3.43. The van der Waals surface area contributed by atoms with E-state index in [2.05, 4.69) is 10.5 Å². The van der Waals surface area contributed by atoms with Crippen molar-refractivity contribution < 1.29 is 9.18 Å². The molecule has 1 N–H and O–H groups in total. The predicted octanol–water partition coefficient (Wildman–Crippen LogP) is 4.52. The second-order valence-electron chi connectivity index (χ2n) is 6.12. The molecule has 0 spiro atoms. The van der Waals surface area contributed by atoms with Crippen LogP contribution < -0.4 is 5.43 Å². The zero-order chi connectivity index (χ0) is 20.3. The minimum Gasteiger partial charge on any atom is -0.316 e. The van der Waals surface area contributed by atoms with Crippen LogP contribution in [0.15, 0.2) is 53.6 Å². The summed E-state index contributed by atoms with van der Waals surface area (Å²) in [5.41, 5.74) is 5.76. The van der Waals surface area contributed by atoms with E-state index in [0.29, 0.717) is 5.02 Å². The van der Waals surface area contributed by atoms with Crippen molar-refractivity contribution in [3.05, 3.63) is 87.4 Å². The molecule has 0 unspecified atom stereocenters. The summed E-state index contributed by atoms with van der Waals surface area (Å²) in [4.78, 5) is 12.1. The molecule has 3 rings (SSSR count). The summed E-state index contributed by atoms with van der Waals surface area (Å²) < 4.78 is 15.9. The third kappa shape index (κ3) is 3.80. The Morgan fingerprint density at radius 2 is 2.00 bits per heavy atom. The zero-order valence-electron chi connectivity index (χ0n) is 15.2. The van der Waals surface area contributed by atoms with Crippen molar-refractivity contribution in [2.75, 3.05) is 0 Å². The van der Waals surface area contributed by atoms with E-state index < -0.39 is 11.7 Å². The fourth-order valence-electron chi connectivity index (χ4n) is 2.91. The van der Waals surface area contributed by atoms with Crippen molar-refractivity contribution >= 4 is 23.7 Å². The highest BCUT2D eigenvalue weighted by molar-refractivity contribution is 6.32. The zero-order valence-corrected chi connectivity index (χ0v) is 16.0. The number of hydrogen-bond acceptors (Lipinski definition) is 3. The number of nitrogens with zero attached hydrogens (tertiary/aromatic N) is 3. The Bertz CT molecular complexity index is 1130. The molecule has 1 aromatic heterocycles. The molecular weight excluding hydrogens is 379 g/mol. The fraction of sp³-hybridized carbons (Fsp3) is 0.0952. The van der Waals surface area contributed by atoms with Gasteiger partial charge in [0.15, 0.2) is 0 Å². The van der Waals surface area contributed by atoms with Gasteiger partial charge in [0.25, 0.3) is 5.91 Å². The molecule has 1 heterocycles. The summed E-state index contributed by atoms with van der Waals surface area (Å²) in [6, 6.07) is 14.9. The lowest BCUT2D eigenvalue weighted by atomic mass is 10.1. The van der Waals surface area contributed by atoms with Crippen LogP contribution in [0, 0.1) is 31.0 Å². The van der Waals surface area contributed by atoms with Crippen LogP contribution in [0.4, 0.5) is 4.39 Å². The van der Waals surface area contributed by atoms with Crippen molar-refractivity contribution in [1.29, 1.82) is 5.26 Å². The number of nitrogens with one attached hydrogen (secondary N) is 1. The number of benzene rings is 2. The highest BCUT2D eigenvalue weighted by Crippen LogP contribution is 2.25. The van der Waals surface area contributed by atoms with Gasteiger partial charge < -0.3 is 4.57 Å². The Morgan fingerprint density at radius 3 is 2.68 bits per heavy atom. The number of carbonyl (C=O) groups is 1. The third-order valence-electron chi connectivity index (χ3n) is 4.28. The number of aromatic nitrogens is 1. The van der Waals surface area contributed by atoms with Crippen molar-refractivity contribution in [2.24, 2.45) is 5.10 Å². The second-order valence-corrected chi connectivity index (χ2v) is 6.53. The van der Waals surface area contributed by atoms with Crippen molar-refractivity contribution in [2.45, 2.75) is 13.8 Å². The number of nitriles is 1. The monoisotopic (exact) mass is 394 g/mol. The van der Waals surface area contributed by atoms with Gasteiger partial charge in [-0.25, -0.2) is 9.82 Å². The van der Waals surface area contributed by atoms with E-state index in [-0.39, 0.29) is 11.1 Å². The summed E-state index contributed by atoms with van der Waals surface area (Å²) >= 11 is 6.30. The molecule has 0 aliphatic carbocycles. The number of rotatable bonds is 4. The SMILES string of the molecule is Cc1cc(C=NNC(=O)c2ccc(C#N)cc2F)c(C)n1-c1ccccc1Cl. The number of halogens is 2. The lowest BCUT2D eigenvalue weighted by molar-refractivity contribution is 0.0951. The van der Waals surface area contributed by atoms with Crippen LogP contribution in [0.25, 0.3) is 5.69 Å². The molecule has 0 fully saturated rings. The molecule has 1 amide bonds. The Labute approximate surface area is 166 Å². The molecule has 5 nitrogen and oxygen atoms in total. The van der Waals surface area contributed by atoms with Crippen LogP contribution in [0.3, 0.4) is 0 Å². The number of aryl methyl sites for hydroxylation is 1. The third-order valence-corrected chi connectivity index (χ3v) is 4.60. The van der Waals surface area contributed by atoms with Gasteiger partial charge in [-0.05, 0) is 50.2 Å². The second kappa shape index (κ2) is 8.07. The average Bonchev–Trinajstić information content (AvgIpc) is 2.95. The molecule has 0 bridgehead atoms. The van der Waals surface area contributed by atoms with E-state index in [1.54, 1.807) is 0 Å². The first-order chi connectivity index (χ1) is 13.4. The van der Waals surface area contributed by atoms with E-state index in [4.69, 9.17) is 16.9 Å². The number of hydrogen-bond donors (Lipinski definition) is 1. The van der Waals surface area contributed by atoms with Crippen LogP contribution in [-0.4, -0.2) is 16.7 Å². The van der Waals surface area contributed by atoms with E-state index in [0.717, 1.165) is 28.7 Å². The Kier molecular flexibility index (Phi) is 5.57. The van der Waals surface area contributed by atoms with Crippen molar-refractivity contribution in [1.82, 2.24) is 9.99 Å². The van der Waals surface area contributed by atoms with Gasteiger partial charge in [0.2, 0.25) is 0 Å². The van der Waals surface area contributed by atoms with Gasteiger partial charge in [0.1, 0.15) is 5.82 Å². The number of amides is 1. The summed E-state index contributed by atoms with van der Waals surface area (Å²) in [5.74, 6) is -1.47. The van der Waals surface area contributed by atoms with Crippen LogP contribution in [0.1, 0.15) is 32.9 Å². The van der Waals surface area contributed by atoms with Crippen LogP contribution in [-0.2, 0) is 0 Å². The van der Waals surface area contributed by atoms with Gasteiger partial charge in [-0.2, -0.15) is 10.4 Å². The van der Waals surface area contributed by atoms with Gasteiger partial charge in [-0.1, -0.05) is 23.7 Å². The molecule has 0 aliphatic heterocycles. The van der Waals surface area contributed by atoms with Gasteiger partial charge in [-0.3, -0.25) is 4.79 Å². The van der Waals surface area contributed by atoms with E-state index >= 15 is 0 Å². The maximum absolute atomic E-state index is 13.9. The molecule has 3 aromatic rings. The van der Waals surface area contributed by atoms with Crippen LogP contribution in [0.5, 0.6) is 0 Å². The largest absolute Gasteiger partial charge is 0.316 e. The normalized spacial score (nSPS) is 10.8. The summed E-state index contributed by atoms with van der Waals surface area (Å²) in [6.45, 7) is 3.86. The summed E-state index contributed by atoms with van der Waals surface area (Å²) in [7, 11) is 0. The van der Waals surface area contributed by atoms with Gasteiger partial charge in [0, 0.05) is 17.0 Å². The predicted molar refractivity (Wildman–Crippen MR) is 106 cm³/mol. The van der Waals surface area contributed by atoms with Gasteiger partial charge in [0.05, 0.1) is 34.1 Å². The highest BCUT2D eigenvalue weighted by atomic mass is 35.5. The van der Waals surface area contributed by atoms with Crippen molar-refractivity contribution in [3.63, 3.8) is 0 Å². The first kappa shape index (κ1) is 19.3. The van der Waals surface area contributed by atoms with Crippen molar-refractivity contribution in [3.8, 4) is 11.8 Å². The minimum absolute atomic E-state index is 0.143. The molecule has 0 atom stereocenters. The maximum Gasteiger partial charge on any atom is 0.274 e. The lowest BCUT2D eigenvalue weighted by Gasteiger charge is -2.11. The van der Waals surface area contributed by atoms with E-state index in [9.17, 15) is 9.18 Å². The van der Waals surface area contributed by atoms with Crippen LogP contribution >= 0.6 is 11.6 Å². The average molecular weight is 395 g/mol. The quantitative estimate of drug-likeness (QED) is 0.522. The van der Waals surface area contributed by atoms with E-state index in [1.807, 2.05) is 54.8 Å². The molecule has 140 valence electrons. The number of hydrazone groups is 1. The highest BCUT2D eigenvalue weighted by Gasteiger charge is 2.13. The summed E-state index contributed by atoms with van der Waals surface area (Å²) in [5, 5.41) is 13.3. The first-order valence-electron chi connectivity index (χ1n) is 8.39. The number of carbonyl (C=O) groups excluding carboxylic acids is 1. The van der Waals surface area contributed by atoms with Gasteiger partial charge >= 0.3 is 0 Å². The smallest absolute Gasteiger partial charge is 0.274 e. The van der Waals surface area contributed by atoms with Crippen LogP contribution in [0.2, 0.25) is 5.02 Å². The molecule has 0 radical (unpaired) electrons. The Balaban J connectivity index is 1.81. The maximum atomic E-state index is 13.9. The fourth-order valence-corrected chi connectivity index (χ4v) is 3.13. The topological polar surface area (TPSA) is 70.2 Å². The molecule has 7 heteroatoms.